The highest BCUT2D eigenvalue weighted by atomic mass is 35.5. The fourth-order valence-corrected chi connectivity index (χ4v) is 1.36. The van der Waals surface area contributed by atoms with E-state index in [0.717, 1.165) is 11.3 Å². The molecule has 1 aromatic rings. The highest BCUT2D eigenvalue weighted by Crippen LogP contribution is 2.09. The van der Waals surface area contributed by atoms with Crippen molar-refractivity contribution >= 4 is 24.0 Å². The third-order valence-corrected chi connectivity index (χ3v) is 2.38. The Hall–Kier alpha value is -1.14. The van der Waals surface area contributed by atoms with E-state index in [1.165, 1.54) is 0 Å². The van der Waals surface area contributed by atoms with E-state index >= 15 is 0 Å². The van der Waals surface area contributed by atoms with Crippen molar-refractivity contribution in [3.63, 3.8) is 0 Å². The third kappa shape index (κ3) is 7.79. The number of amides is 1. The number of rotatable bonds is 8. The molecule has 0 unspecified atom stereocenters. The van der Waals surface area contributed by atoms with Crippen molar-refractivity contribution < 1.29 is 14.3 Å². The molecule has 108 valence electrons. The Labute approximate surface area is 119 Å². The second kappa shape index (κ2) is 10.8. The smallest absolute Gasteiger partial charge is 0.226 e. The highest BCUT2D eigenvalue weighted by molar-refractivity contribution is 5.90. The summed E-state index contributed by atoms with van der Waals surface area (Å²) in [7, 11) is 1.61. The van der Waals surface area contributed by atoms with Gasteiger partial charge >= 0.3 is 0 Å². The minimum Gasteiger partial charge on any atom is -0.382 e. The average Bonchev–Trinajstić information content (AvgIpc) is 2.39. The summed E-state index contributed by atoms with van der Waals surface area (Å²) in [6, 6.07) is 7.47. The number of nitrogens with one attached hydrogen (secondary N) is 1. The maximum atomic E-state index is 11.6. The number of hydrogen-bond donors (Lipinski definition) is 2. The minimum absolute atomic E-state index is 0. The lowest BCUT2D eigenvalue weighted by molar-refractivity contribution is -0.117. The normalized spacial score (nSPS) is 9.79. The summed E-state index contributed by atoms with van der Waals surface area (Å²) >= 11 is 0. The third-order valence-electron chi connectivity index (χ3n) is 2.38. The van der Waals surface area contributed by atoms with Crippen molar-refractivity contribution in [3.8, 4) is 0 Å². The van der Waals surface area contributed by atoms with Crippen LogP contribution in [0.3, 0.4) is 0 Å². The number of halogens is 1. The molecule has 0 saturated carbocycles. The van der Waals surface area contributed by atoms with Crippen molar-refractivity contribution in [2.45, 2.75) is 13.0 Å². The molecule has 1 amide bonds. The predicted molar refractivity (Wildman–Crippen MR) is 77.5 cm³/mol. The second-order valence-electron chi connectivity index (χ2n) is 3.80. The number of ether oxygens (including phenoxy) is 2. The van der Waals surface area contributed by atoms with Crippen LogP contribution < -0.4 is 11.1 Å². The summed E-state index contributed by atoms with van der Waals surface area (Å²) in [5.74, 6) is -0.0621. The van der Waals surface area contributed by atoms with Crippen LogP contribution in [0.15, 0.2) is 24.3 Å². The molecule has 0 aliphatic carbocycles. The molecule has 0 bridgehead atoms. The molecule has 0 saturated heterocycles. The lowest BCUT2D eigenvalue weighted by Gasteiger charge is -2.06. The highest BCUT2D eigenvalue weighted by Gasteiger charge is 2.02. The van der Waals surface area contributed by atoms with Gasteiger partial charge in [-0.15, -0.1) is 12.4 Å². The van der Waals surface area contributed by atoms with Crippen LogP contribution in [0.25, 0.3) is 0 Å². The van der Waals surface area contributed by atoms with Gasteiger partial charge in [-0.05, 0) is 17.7 Å². The zero-order valence-corrected chi connectivity index (χ0v) is 11.9. The number of methoxy groups -OCH3 is 1. The van der Waals surface area contributed by atoms with Crippen LogP contribution in [0.5, 0.6) is 0 Å². The second-order valence-corrected chi connectivity index (χ2v) is 3.80. The van der Waals surface area contributed by atoms with Gasteiger partial charge in [0.1, 0.15) is 0 Å². The number of benzene rings is 1. The van der Waals surface area contributed by atoms with Gasteiger partial charge in [-0.3, -0.25) is 4.79 Å². The molecular formula is C13H21ClN2O3. The van der Waals surface area contributed by atoms with E-state index in [0.29, 0.717) is 32.8 Å². The van der Waals surface area contributed by atoms with Crippen LogP contribution in [-0.4, -0.2) is 32.8 Å². The fourth-order valence-electron chi connectivity index (χ4n) is 1.36. The van der Waals surface area contributed by atoms with Gasteiger partial charge in [-0.1, -0.05) is 12.1 Å². The summed E-state index contributed by atoms with van der Waals surface area (Å²) in [4.78, 5) is 11.6. The maximum absolute atomic E-state index is 11.6. The molecule has 6 heteroatoms. The van der Waals surface area contributed by atoms with Crippen LogP contribution in [0.4, 0.5) is 5.69 Å². The average molecular weight is 289 g/mol. The van der Waals surface area contributed by atoms with Crippen LogP contribution in [-0.2, 0) is 20.8 Å². The molecular weight excluding hydrogens is 268 g/mol. The number of anilines is 1. The predicted octanol–water partition coefficient (Wildman–Crippen LogP) is 1.56. The first-order valence-corrected chi connectivity index (χ1v) is 5.92. The van der Waals surface area contributed by atoms with Crippen LogP contribution in [0, 0.1) is 0 Å². The summed E-state index contributed by atoms with van der Waals surface area (Å²) in [5, 5.41) is 2.79. The van der Waals surface area contributed by atoms with Crippen molar-refractivity contribution in [1.82, 2.24) is 0 Å². The van der Waals surface area contributed by atoms with Crippen molar-refractivity contribution in [2.24, 2.45) is 5.73 Å². The Bertz CT molecular complexity index is 357. The number of carbonyl (C=O) groups excluding carboxylic acids is 1. The van der Waals surface area contributed by atoms with E-state index in [2.05, 4.69) is 5.32 Å². The Morgan fingerprint density at radius 2 is 1.89 bits per heavy atom. The molecule has 0 atom stereocenters. The van der Waals surface area contributed by atoms with E-state index in [1.807, 2.05) is 24.3 Å². The van der Waals surface area contributed by atoms with Gasteiger partial charge in [0.2, 0.25) is 5.91 Å². The summed E-state index contributed by atoms with van der Waals surface area (Å²) < 4.78 is 10.0. The van der Waals surface area contributed by atoms with Crippen molar-refractivity contribution in [2.75, 3.05) is 32.2 Å². The molecule has 1 aromatic carbocycles. The molecule has 0 fully saturated rings. The lowest BCUT2D eigenvalue weighted by atomic mass is 10.2. The van der Waals surface area contributed by atoms with Gasteiger partial charge in [0.05, 0.1) is 26.2 Å². The molecule has 0 radical (unpaired) electrons. The maximum Gasteiger partial charge on any atom is 0.226 e. The zero-order chi connectivity index (χ0) is 13.2. The molecule has 0 aliphatic rings. The van der Waals surface area contributed by atoms with Crippen LogP contribution >= 0.6 is 12.4 Å². The van der Waals surface area contributed by atoms with E-state index in [1.54, 1.807) is 7.11 Å². The van der Waals surface area contributed by atoms with E-state index < -0.39 is 0 Å². The van der Waals surface area contributed by atoms with Gasteiger partial charge in [0.25, 0.3) is 0 Å². The number of nitrogens with two attached hydrogens (primary N) is 1. The quantitative estimate of drug-likeness (QED) is 0.712. The lowest BCUT2D eigenvalue weighted by Crippen LogP contribution is -2.15. The molecule has 19 heavy (non-hydrogen) atoms. The largest absolute Gasteiger partial charge is 0.382 e. The standard InChI is InChI=1S/C13H20N2O3.ClH/c1-17-8-9-18-7-6-13(16)15-12-4-2-11(10-14)3-5-12;/h2-5H,6-10,14H2,1H3,(H,15,16);1H. The number of carbonyl (C=O) groups is 1. The van der Waals surface area contributed by atoms with E-state index in [9.17, 15) is 4.79 Å². The van der Waals surface area contributed by atoms with Gasteiger partial charge in [0, 0.05) is 19.3 Å². The zero-order valence-electron chi connectivity index (χ0n) is 11.1. The molecule has 3 N–H and O–H groups in total. The van der Waals surface area contributed by atoms with Gasteiger partial charge in [0.15, 0.2) is 0 Å². The van der Waals surface area contributed by atoms with Crippen molar-refractivity contribution in [1.29, 1.82) is 0 Å². The summed E-state index contributed by atoms with van der Waals surface area (Å²) in [6.45, 7) is 1.95. The first-order valence-electron chi connectivity index (χ1n) is 5.92. The molecule has 5 nitrogen and oxygen atoms in total. The van der Waals surface area contributed by atoms with Crippen molar-refractivity contribution in [3.05, 3.63) is 29.8 Å². The van der Waals surface area contributed by atoms with Crippen LogP contribution in [0.2, 0.25) is 0 Å². The molecule has 1 rings (SSSR count). The Morgan fingerprint density at radius 1 is 1.21 bits per heavy atom. The molecule has 0 aromatic heterocycles. The molecule has 0 heterocycles. The number of hydrogen-bond acceptors (Lipinski definition) is 4. The topological polar surface area (TPSA) is 73.6 Å². The van der Waals surface area contributed by atoms with E-state index in [-0.39, 0.29) is 18.3 Å². The molecule has 0 aliphatic heterocycles. The minimum atomic E-state index is -0.0621. The fraction of sp³-hybridized carbons (Fsp3) is 0.462. The SMILES string of the molecule is COCCOCCC(=O)Nc1ccc(CN)cc1.Cl. The monoisotopic (exact) mass is 288 g/mol. The summed E-state index contributed by atoms with van der Waals surface area (Å²) in [6.07, 6.45) is 0.336. The van der Waals surface area contributed by atoms with Crippen LogP contribution in [0.1, 0.15) is 12.0 Å². The van der Waals surface area contributed by atoms with Gasteiger partial charge in [-0.25, -0.2) is 0 Å². The first kappa shape index (κ1) is 17.9. The Balaban J connectivity index is 0.00000324. The van der Waals surface area contributed by atoms with E-state index in [4.69, 9.17) is 15.2 Å². The van der Waals surface area contributed by atoms with Gasteiger partial charge in [-0.2, -0.15) is 0 Å². The Kier molecular flexibility index (Phi) is 10.1. The summed E-state index contributed by atoms with van der Waals surface area (Å²) in [5.41, 5.74) is 7.30. The Morgan fingerprint density at radius 3 is 2.47 bits per heavy atom. The van der Waals surface area contributed by atoms with Gasteiger partial charge < -0.3 is 20.5 Å². The first-order chi connectivity index (χ1) is 8.76. The molecule has 0 spiro atoms.